The van der Waals surface area contributed by atoms with E-state index in [1.54, 1.807) is 38.1 Å². The van der Waals surface area contributed by atoms with Gasteiger partial charge in [0.25, 0.3) is 15.9 Å². The molecule has 0 aliphatic rings. The molecule has 0 aliphatic carbocycles. The van der Waals surface area contributed by atoms with Crippen LogP contribution >= 0.6 is 0 Å². The lowest BCUT2D eigenvalue weighted by Crippen LogP contribution is -2.34. The number of sulfonamides is 1. The highest BCUT2D eigenvalue weighted by Crippen LogP contribution is 2.26. The van der Waals surface area contributed by atoms with Gasteiger partial charge in [0.15, 0.2) is 0 Å². The molecule has 0 fully saturated rings. The molecule has 0 saturated carbocycles. The molecule has 0 heterocycles. The highest BCUT2D eigenvalue weighted by molar-refractivity contribution is 7.90. The number of rotatable bonds is 7. The van der Waals surface area contributed by atoms with E-state index >= 15 is 0 Å². The van der Waals surface area contributed by atoms with Crippen molar-refractivity contribution >= 4 is 38.9 Å². The van der Waals surface area contributed by atoms with Crippen molar-refractivity contribution in [1.82, 2.24) is 4.72 Å². The highest BCUT2D eigenvalue weighted by atomic mass is 32.2. The van der Waals surface area contributed by atoms with Gasteiger partial charge in [0.2, 0.25) is 5.91 Å². The number of amides is 2. The third-order valence-corrected chi connectivity index (χ3v) is 7.03. The van der Waals surface area contributed by atoms with Crippen LogP contribution in [-0.4, -0.2) is 20.2 Å². The van der Waals surface area contributed by atoms with Crippen molar-refractivity contribution in [2.45, 2.75) is 18.7 Å². The fourth-order valence-electron chi connectivity index (χ4n) is 3.57. The van der Waals surface area contributed by atoms with Gasteiger partial charge >= 0.3 is 0 Å². The maximum absolute atomic E-state index is 13.5. The Labute approximate surface area is 228 Å². The number of para-hydroxylation sites is 2. The Morgan fingerprint density at radius 1 is 0.718 bits per heavy atom. The standard InChI is InChI=1S/C31H27N3O4S/c1-22(2)30(35)34-39(37,38)29-16-10-9-15-27(29)33-31(36)26-20-19-24(18-17-23-11-5-3-6-12-23)21-28(26)32-25-13-7-4-8-14-25/h3-16,19-22,32H,1-2H3,(H,33,36)(H,34,35). The molecular weight excluding hydrogens is 510 g/mol. The van der Waals surface area contributed by atoms with Crippen molar-refractivity contribution in [3.63, 3.8) is 0 Å². The SMILES string of the molecule is CC(C)C(=O)NS(=O)(=O)c1ccccc1NC(=O)c1ccc(C#Cc2ccccc2)cc1Nc1ccccc1. The van der Waals surface area contributed by atoms with E-state index in [1.807, 2.05) is 60.7 Å². The summed E-state index contributed by atoms with van der Waals surface area (Å²) in [5.74, 6) is 4.52. The molecule has 0 bridgehead atoms. The van der Waals surface area contributed by atoms with Gasteiger partial charge in [0.05, 0.1) is 16.9 Å². The van der Waals surface area contributed by atoms with E-state index in [0.717, 1.165) is 11.3 Å². The number of hydrogen-bond donors (Lipinski definition) is 3. The van der Waals surface area contributed by atoms with E-state index in [1.165, 1.54) is 18.2 Å². The van der Waals surface area contributed by atoms with Gasteiger partial charge in [-0.3, -0.25) is 9.59 Å². The van der Waals surface area contributed by atoms with E-state index < -0.39 is 27.8 Å². The van der Waals surface area contributed by atoms with E-state index in [-0.39, 0.29) is 16.1 Å². The van der Waals surface area contributed by atoms with Crippen molar-refractivity contribution in [2.75, 3.05) is 10.6 Å². The highest BCUT2D eigenvalue weighted by Gasteiger charge is 2.24. The van der Waals surface area contributed by atoms with Crippen LogP contribution in [0.3, 0.4) is 0 Å². The van der Waals surface area contributed by atoms with Crippen molar-refractivity contribution in [3.8, 4) is 11.8 Å². The number of hydrogen-bond acceptors (Lipinski definition) is 5. The average Bonchev–Trinajstić information content (AvgIpc) is 2.93. The number of benzene rings is 4. The first-order chi connectivity index (χ1) is 18.7. The van der Waals surface area contributed by atoms with Gasteiger partial charge in [-0.25, -0.2) is 13.1 Å². The molecule has 0 spiro atoms. The molecule has 0 saturated heterocycles. The molecule has 7 nitrogen and oxygen atoms in total. The molecule has 8 heteroatoms. The predicted octanol–water partition coefficient (Wildman–Crippen LogP) is 5.54. The lowest BCUT2D eigenvalue weighted by molar-refractivity contribution is -0.122. The molecule has 0 aromatic heterocycles. The predicted molar refractivity (Wildman–Crippen MR) is 153 cm³/mol. The summed E-state index contributed by atoms with van der Waals surface area (Å²) >= 11 is 0. The maximum atomic E-state index is 13.5. The average molecular weight is 538 g/mol. The summed E-state index contributed by atoms with van der Waals surface area (Å²) in [7, 11) is -4.21. The van der Waals surface area contributed by atoms with Crippen LogP contribution in [0.2, 0.25) is 0 Å². The number of anilines is 3. The summed E-state index contributed by atoms with van der Waals surface area (Å²) in [5.41, 5.74) is 3.13. The molecule has 0 unspecified atom stereocenters. The lowest BCUT2D eigenvalue weighted by atomic mass is 10.1. The zero-order valence-electron chi connectivity index (χ0n) is 21.4. The van der Waals surface area contributed by atoms with Gasteiger partial charge in [0, 0.05) is 22.7 Å². The molecule has 3 N–H and O–H groups in total. The fraction of sp³-hybridized carbons (Fsp3) is 0.0968. The fourth-order valence-corrected chi connectivity index (χ4v) is 4.84. The van der Waals surface area contributed by atoms with Gasteiger partial charge in [-0.2, -0.15) is 0 Å². The van der Waals surface area contributed by atoms with E-state index in [4.69, 9.17) is 0 Å². The summed E-state index contributed by atoms with van der Waals surface area (Å²) in [6.45, 7) is 3.18. The van der Waals surface area contributed by atoms with Gasteiger partial charge in [-0.05, 0) is 54.6 Å². The molecule has 4 aromatic carbocycles. The topological polar surface area (TPSA) is 104 Å². The van der Waals surface area contributed by atoms with Crippen molar-refractivity contribution in [3.05, 3.63) is 120 Å². The van der Waals surface area contributed by atoms with Gasteiger partial charge in [-0.1, -0.05) is 74.2 Å². The Hall–Kier alpha value is -4.87. The molecule has 0 atom stereocenters. The second-order valence-electron chi connectivity index (χ2n) is 8.94. The Bertz CT molecular complexity index is 1660. The summed E-state index contributed by atoms with van der Waals surface area (Å²) in [5, 5.41) is 5.95. The molecule has 39 heavy (non-hydrogen) atoms. The Kier molecular flexibility index (Phi) is 8.44. The molecule has 2 amide bonds. The van der Waals surface area contributed by atoms with Crippen LogP contribution in [0.5, 0.6) is 0 Å². The van der Waals surface area contributed by atoms with Gasteiger partial charge < -0.3 is 10.6 Å². The molecule has 196 valence electrons. The molecule has 0 aliphatic heterocycles. The summed E-state index contributed by atoms with van der Waals surface area (Å²) in [4.78, 5) is 25.3. The van der Waals surface area contributed by atoms with E-state index in [2.05, 4.69) is 27.2 Å². The van der Waals surface area contributed by atoms with Crippen LogP contribution in [0.25, 0.3) is 0 Å². The van der Waals surface area contributed by atoms with Crippen LogP contribution < -0.4 is 15.4 Å². The van der Waals surface area contributed by atoms with Crippen LogP contribution in [0, 0.1) is 17.8 Å². The zero-order chi connectivity index (χ0) is 27.8. The third-order valence-electron chi connectivity index (χ3n) is 5.63. The van der Waals surface area contributed by atoms with Crippen molar-refractivity contribution in [1.29, 1.82) is 0 Å². The maximum Gasteiger partial charge on any atom is 0.266 e. The Balaban J connectivity index is 1.67. The minimum absolute atomic E-state index is 0.0464. The van der Waals surface area contributed by atoms with Crippen molar-refractivity contribution in [2.24, 2.45) is 5.92 Å². The molecule has 4 aromatic rings. The van der Waals surface area contributed by atoms with Crippen LogP contribution in [0.15, 0.2) is 108 Å². The minimum atomic E-state index is -4.21. The second-order valence-corrected chi connectivity index (χ2v) is 10.6. The molecule has 4 rings (SSSR count). The number of nitrogens with one attached hydrogen (secondary N) is 3. The second kappa shape index (κ2) is 12.1. The smallest absolute Gasteiger partial charge is 0.266 e. The molecular formula is C31H27N3O4S. The van der Waals surface area contributed by atoms with Crippen molar-refractivity contribution < 1.29 is 18.0 Å². The number of carbonyl (C=O) groups is 2. The third kappa shape index (κ3) is 7.12. The largest absolute Gasteiger partial charge is 0.355 e. The normalized spacial score (nSPS) is 10.7. The number of carbonyl (C=O) groups excluding carboxylic acids is 2. The first-order valence-corrected chi connectivity index (χ1v) is 13.7. The summed E-state index contributed by atoms with van der Waals surface area (Å²) in [6.07, 6.45) is 0. The van der Waals surface area contributed by atoms with E-state index in [9.17, 15) is 18.0 Å². The Morgan fingerprint density at radius 2 is 1.33 bits per heavy atom. The van der Waals surface area contributed by atoms with E-state index in [0.29, 0.717) is 11.3 Å². The monoisotopic (exact) mass is 537 g/mol. The minimum Gasteiger partial charge on any atom is -0.355 e. The zero-order valence-corrected chi connectivity index (χ0v) is 22.3. The Morgan fingerprint density at radius 3 is 2.03 bits per heavy atom. The van der Waals surface area contributed by atoms with Crippen LogP contribution in [0.4, 0.5) is 17.1 Å². The first-order valence-electron chi connectivity index (χ1n) is 12.2. The van der Waals surface area contributed by atoms with Crippen LogP contribution in [-0.2, 0) is 14.8 Å². The van der Waals surface area contributed by atoms with Gasteiger partial charge in [-0.15, -0.1) is 0 Å². The quantitative estimate of drug-likeness (QED) is 0.269. The lowest BCUT2D eigenvalue weighted by Gasteiger charge is -2.16. The first kappa shape index (κ1) is 27.2. The summed E-state index contributed by atoms with van der Waals surface area (Å²) < 4.78 is 27.9. The van der Waals surface area contributed by atoms with Crippen LogP contribution in [0.1, 0.15) is 35.3 Å². The molecule has 0 radical (unpaired) electrons. The van der Waals surface area contributed by atoms with Gasteiger partial charge in [0.1, 0.15) is 4.90 Å². The summed E-state index contributed by atoms with van der Waals surface area (Å²) in [6, 6.07) is 30.0.